The Bertz CT molecular complexity index is 501. The molecule has 144 valence electrons. The maximum absolute atomic E-state index is 12.1. The first-order valence-electron chi connectivity index (χ1n) is 8.08. The molecular weight excluding hydrogens is 381 g/mol. The third kappa shape index (κ3) is 9.56. The van der Waals surface area contributed by atoms with Crippen molar-refractivity contribution in [3.63, 3.8) is 0 Å². The van der Waals surface area contributed by atoms with Gasteiger partial charge in [-0.05, 0) is 20.2 Å². The van der Waals surface area contributed by atoms with Gasteiger partial charge < -0.3 is 20.3 Å². The molecule has 25 heavy (non-hydrogen) atoms. The summed E-state index contributed by atoms with van der Waals surface area (Å²) in [6.45, 7) is 3.01. The highest BCUT2D eigenvalue weighted by Crippen LogP contribution is 2.18. The molecule has 1 atom stereocenters. The number of ether oxygens (including phenoxy) is 1. The van der Waals surface area contributed by atoms with Crippen LogP contribution in [0, 0.1) is 0 Å². The number of rotatable bonds is 8. The van der Waals surface area contributed by atoms with Crippen LogP contribution < -0.4 is 15.4 Å². The number of likely N-dealkylation sites (N-methyl/N-ethyl adjacent to an activating group) is 1. The highest BCUT2D eigenvalue weighted by molar-refractivity contribution is 7.99. The van der Waals surface area contributed by atoms with Gasteiger partial charge in [-0.2, -0.15) is 11.8 Å². The molecule has 5 nitrogen and oxygen atoms in total. The monoisotopic (exact) mass is 409 g/mol. The summed E-state index contributed by atoms with van der Waals surface area (Å²) in [5.41, 5.74) is 1.02. The SMILES string of the molecule is CN(C)CCOc1ccccc1CNC(=O)CC1CSCCN1.Cl.Cl. The Hall–Kier alpha value is -0.660. The number of benzene rings is 1. The van der Waals surface area contributed by atoms with E-state index in [4.69, 9.17) is 4.74 Å². The zero-order chi connectivity index (χ0) is 16.5. The van der Waals surface area contributed by atoms with E-state index >= 15 is 0 Å². The Morgan fingerprint density at radius 1 is 1.36 bits per heavy atom. The van der Waals surface area contributed by atoms with Gasteiger partial charge in [0.15, 0.2) is 0 Å². The second-order valence-corrected chi connectivity index (χ2v) is 7.12. The Balaban J connectivity index is 0.00000288. The van der Waals surface area contributed by atoms with Crippen LogP contribution in [0.2, 0.25) is 0 Å². The second-order valence-electron chi connectivity index (χ2n) is 5.97. The molecule has 2 N–H and O–H groups in total. The minimum Gasteiger partial charge on any atom is -0.492 e. The quantitative estimate of drug-likeness (QED) is 0.688. The van der Waals surface area contributed by atoms with Gasteiger partial charge in [-0.3, -0.25) is 4.79 Å². The highest BCUT2D eigenvalue weighted by Gasteiger charge is 2.16. The molecule has 1 aliphatic heterocycles. The Morgan fingerprint density at radius 3 is 2.80 bits per heavy atom. The molecule has 1 unspecified atom stereocenters. The molecule has 0 aliphatic carbocycles. The number of carbonyl (C=O) groups excluding carboxylic acids is 1. The van der Waals surface area contributed by atoms with Gasteiger partial charge in [0.1, 0.15) is 12.4 Å². The summed E-state index contributed by atoms with van der Waals surface area (Å²) in [4.78, 5) is 14.2. The van der Waals surface area contributed by atoms with Crippen LogP contribution >= 0.6 is 36.6 Å². The maximum atomic E-state index is 12.1. The lowest BCUT2D eigenvalue weighted by molar-refractivity contribution is -0.121. The van der Waals surface area contributed by atoms with Gasteiger partial charge in [-0.1, -0.05) is 18.2 Å². The van der Waals surface area contributed by atoms with Crippen LogP contribution in [0.4, 0.5) is 0 Å². The van der Waals surface area contributed by atoms with E-state index in [2.05, 4.69) is 15.5 Å². The van der Waals surface area contributed by atoms with Crippen molar-refractivity contribution in [3.8, 4) is 5.75 Å². The first-order chi connectivity index (χ1) is 11.1. The molecule has 1 heterocycles. The first-order valence-corrected chi connectivity index (χ1v) is 9.24. The molecule has 0 aromatic heterocycles. The van der Waals surface area contributed by atoms with Crippen LogP contribution in [0.5, 0.6) is 5.75 Å². The van der Waals surface area contributed by atoms with Crippen molar-refractivity contribution in [3.05, 3.63) is 29.8 Å². The predicted octanol–water partition coefficient (Wildman–Crippen LogP) is 2.18. The number of amides is 1. The smallest absolute Gasteiger partial charge is 0.221 e. The molecule has 1 amide bonds. The molecule has 0 bridgehead atoms. The van der Waals surface area contributed by atoms with Crippen molar-refractivity contribution in [2.45, 2.75) is 19.0 Å². The van der Waals surface area contributed by atoms with Crippen molar-refractivity contribution in [1.29, 1.82) is 0 Å². The largest absolute Gasteiger partial charge is 0.492 e. The minimum atomic E-state index is 0. The molecule has 0 radical (unpaired) electrons. The first kappa shape index (κ1) is 24.3. The van der Waals surface area contributed by atoms with Gasteiger partial charge in [0, 0.05) is 49.2 Å². The van der Waals surface area contributed by atoms with Gasteiger partial charge in [0.05, 0.1) is 0 Å². The van der Waals surface area contributed by atoms with E-state index in [1.807, 2.05) is 50.1 Å². The van der Waals surface area contributed by atoms with Gasteiger partial charge in [0.25, 0.3) is 0 Å². The summed E-state index contributed by atoms with van der Waals surface area (Å²) in [7, 11) is 4.04. The van der Waals surface area contributed by atoms with Gasteiger partial charge in [-0.25, -0.2) is 0 Å². The lowest BCUT2D eigenvalue weighted by atomic mass is 10.2. The molecule has 0 saturated carbocycles. The molecule has 2 rings (SSSR count). The second kappa shape index (κ2) is 13.5. The van der Waals surface area contributed by atoms with Crippen LogP contribution in [0.1, 0.15) is 12.0 Å². The van der Waals surface area contributed by atoms with Crippen LogP contribution in [-0.4, -0.2) is 62.1 Å². The van der Waals surface area contributed by atoms with E-state index in [0.717, 1.165) is 35.9 Å². The Morgan fingerprint density at radius 2 is 2.12 bits per heavy atom. The number of hydrogen-bond donors (Lipinski definition) is 2. The topological polar surface area (TPSA) is 53.6 Å². The van der Waals surface area contributed by atoms with Crippen molar-refractivity contribution < 1.29 is 9.53 Å². The lowest BCUT2D eigenvalue weighted by Gasteiger charge is -2.22. The number of halogens is 2. The average Bonchev–Trinajstić information content (AvgIpc) is 2.54. The van der Waals surface area contributed by atoms with Crippen LogP contribution in [0.3, 0.4) is 0 Å². The standard InChI is InChI=1S/C17H27N3O2S.2ClH/c1-20(2)8-9-22-16-6-4-3-5-14(16)12-19-17(21)11-15-13-23-10-7-18-15;;/h3-6,15,18H,7-13H2,1-2H3,(H,19,21);2*1H. The molecule has 1 aromatic rings. The zero-order valence-corrected chi connectivity index (χ0v) is 17.3. The van der Waals surface area contributed by atoms with Crippen molar-refractivity contribution in [1.82, 2.24) is 15.5 Å². The fourth-order valence-electron chi connectivity index (χ4n) is 2.37. The third-order valence-electron chi connectivity index (χ3n) is 3.67. The summed E-state index contributed by atoms with van der Waals surface area (Å²) >= 11 is 1.91. The minimum absolute atomic E-state index is 0. The number of thioether (sulfide) groups is 1. The number of hydrogen-bond acceptors (Lipinski definition) is 5. The van der Waals surface area contributed by atoms with E-state index < -0.39 is 0 Å². The lowest BCUT2D eigenvalue weighted by Crippen LogP contribution is -2.41. The molecular formula is C17H29Cl2N3O2S. The third-order valence-corrected chi connectivity index (χ3v) is 4.81. The van der Waals surface area contributed by atoms with E-state index in [0.29, 0.717) is 25.6 Å². The molecule has 1 fully saturated rings. The summed E-state index contributed by atoms with van der Waals surface area (Å²) in [5.74, 6) is 3.09. The van der Waals surface area contributed by atoms with Gasteiger partial charge in [0.2, 0.25) is 5.91 Å². The molecule has 1 aliphatic rings. The Labute approximate surface area is 167 Å². The van der Waals surface area contributed by atoms with Crippen LogP contribution in [0.25, 0.3) is 0 Å². The van der Waals surface area contributed by atoms with Crippen molar-refractivity contribution in [2.24, 2.45) is 0 Å². The van der Waals surface area contributed by atoms with E-state index in [1.54, 1.807) is 0 Å². The predicted molar refractivity (Wildman–Crippen MR) is 111 cm³/mol. The van der Waals surface area contributed by atoms with Crippen molar-refractivity contribution in [2.75, 3.05) is 45.3 Å². The fraction of sp³-hybridized carbons (Fsp3) is 0.588. The van der Waals surface area contributed by atoms with Crippen molar-refractivity contribution >= 4 is 42.5 Å². The highest BCUT2D eigenvalue weighted by atomic mass is 35.5. The Kier molecular flexibility index (Phi) is 13.2. The summed E-state index contributed by atoms with van der Waals surface area (Å²) in [6, 6.07) is 8.18. The number of para-hydroxylation sites is 1. The normalized spacial score (nSPS) is 16.5. The van der Waals surface area contributed by atoms with E-state index in [-0.39, 0.29) is 30.7 Å². The molecule has 1 aromatic carbocycles. The average molecular weight is 410 g/mol. The van der Waals surface area contributed by atoms with Crippen LogP contribution in [0.15, 0.2) is 24.3 Å². The summed E-state index contributed by atoms with van der Waals surface area (Å²) in [6.07, 6.45) is 0.538. The van der Waals surface area contributed by atoms with E-state index in [9.17, 15) is 4.79 Å². The van der Waals surface area contributed by atoms with E-state index in [1.165, 1.54) is 0 Å². The number of nitrogens with zero attached hydrogens (tertiary/aromatic N) is 1. The zero-order valence-electron chi connectivity index (χ0n) is 14.8. The summed E-state index contributed by atoms with van der Waals surface area (Å²) in [5, 5.41) is 6.39. The maximum Gasteiger partial charge on any atom is 0.221 e. The van der Waals surface area contributed by atoms with Gasteiger partial charge in [-0.15, -0.1) is 24.8 Å². The molecule has 0 spiro atoms. The molecule has 8 heteroatoms. The fourth-order valence-corrected chi connectivity index (χ4v) is 3.32. The number of carbonyl (C=O) groups is 1. The number of nitrogens with one attached hydrogen (secondary N) is 2. The summed E-state index contributed by atoms with van der Waals surface area (Å²) < 4.78 is 5.82. The van der Waals surface area contributed by atoms with Gasteiger partial charge >= 0.3 is 0 Å². The molecule has 1 saturated heterocycles. The van der Waals surface area contributed by atoms with Crippen LogP contribution in [-0.2, 0) is 11.3 Å².